The predicted octanol–water partition coefficient (Wildman–Crippen LogP) is 17.6. The van der Waals surface area contributed by atoms with E-state index >= 15 is 0 Å². The molecule has 4 nitrogen and oxygen atoms in total. The summed E-state index contributed by atoms with van der Waals surface area (Å²) in [5.74, 6) is 0.308. The molecule has 348 valence electrons. The minimum atomic E-state index is -2.66. The first kappa shape index (κ1) is 35.1. The smallest absolute Gasteiger partial charge is 0.149 e. The van der Waals surface area contributed by atoms with Crippen LogP contribution in [0.15, 0.2) is 164 Å². The molecule has 0 saturated carbocycles. The molecule has 0 aliphatic rings. The first-order valence-electron chi connectivity index (χ1n) is 29.1. The van der Waals surface area contributed by atoms with E-state index < -0.39 is 66.2 Å². The van der Waals surface area contributed by atoms with E-state index in [1.54, 1.807) is 12.1 Å². The molecule has 9 rings (SSSR count). The largest absolute Gasteiger partial charge is 0.507 e. The molecule has 0 atom stereocenters. The Kier molecular flexibility index (Phi) is 8.90. The molecular weight excluding hydrogens is 839 g/mol. The number of aryl methyl sites for hydroxylation is 1. The number of hydrogen-bond acceptors (Lipinski definition) is 3. The van der Waals surface area contributed by atoms with Crippen LogP contribution in [0.4, 0.5) is 0 Å². The second-order valence-electron chi connectivity index (χ2n) is 22.2. The van der Waals surface area contributed by atoms with Gasteiger partial charge >= 0.3 is 0 Å². The molecule has 0 saturated heterocycles. The Morgan fingerprint density at radius 1 is 0.522 bits per heavy atom. The highest BCUT2D eigenvalue weighted by Gasteiger charge is 2.30. The fourth-order valence-electron chi connectivity index (χ4n) is 9.11. The van der Waals surface area contributed by atoms with Gasteiger partial charge in [-0.15, -0.1) is 0 Å². The normalized spacial score (nSPS) is 14.9. The van der Waals surface area contributed by atoms with Crippen molar-refractivity contribution >= 4 is 11.0 Å². The van der Waals surface area contributed by atoms with Crippen molar-refractivity contribution < 1.29 is 20.2 Å². The molecule has 0 spiro atoms. The summed E-state index contributed by atoms with van der Waals surface area (Å²) in [5, 5.41) is 12.7. The maximum Gasteiger partial charge on any atom is 0.149 e. The maximum atomic E-state index is 12.7. The van der Waals surface area contributed by atoms with Gasteiger partial charge in [0.2, 0.25) is 0 Å². The van der Waals surface area contributed by atoms with E-state index in [0.717, 1.165) is 38.9 Å². The zero-order valence-corrected chi connectivity index (χ0v) is 41.8. The average Bonchev–Trinajstić information content (AvgIpc) is 4.00. The number of aromatic nitrogens is 3. The molecule has 2 heterocycles. The third-order valence-electron chi connectivity index (χ3n) is 12.9. The minimum absolute atomic E-state index is 0.00675. The highest BCUT2D eigenvalue weighted by Crippen LogP contribution is 2.47. The molecule has 0 amide bonds. The van der Waals surface area contributed by atoms with Crippen molar-refractivity contribution in [2.24, 2.45) is 0 Å². The summed E-state index contributed by atoms with van der Waals surface area (Å²) in [5.41, 5.74) is 7.96. The van der Waals surface area contributed by atoms with E-state index in [-0.39, 0.29) is 39.0 Å². The van der Waals surface area contributed by atoms with E-state index in [4.69, 9.17) is 14.6 Å². The Bertz CT molecular complexity index is 3930. The van der Waals surface area contributed by atoms with Crippen LogP contribution >= 0.6 is 0 Å². The molecule has 0 fully saturated rings. The Morgan fingerprint density at radius 2 is 1.19 bits per heavy atom. The van der Waals surface area contributed by atoms with Gasteiger partial charge in [0, 0.05) is 27.0 Å². The maximum absolute atomic E-state index is 12.7. The van der Waals surface area contributed by atoms with Crippen LogP contribution in [0, 0.1) is 6.85 Å². The lowest BCUT2D eigenvalue weighted by molar-refractivity contribution is 0.446. The van der Waals surface area contributed by atoms with Gasteiger partial charge in [0.25, 0.3) is 0 Å². The Hall–Kier alpha value is -7.04. The van der Waals surface area contributed by atoms with Gasteiger partial charge < -0.3 is 5.11 Å². The second-order valence-corrected chi connectivity index (χ2v) is 22.2. The van der Waals surface area contributed by atoms with Crippen molar-refractivity contribution in [1.29, 1.82) is 0 Å². The molecule has 4 heteroatoms. The van der Waals surface area contributed by atoms with E-state index in [9.17, 15) is 10.6 Å². The van der Waals surface area contributed by atoms with Crippen LogP contribution in [-0.2, 0) is 21.7 Å². The number of fused-ring (bicyclic) bond motifs is 1. The van der Waals surface area contributed by atoms with Gasteiger partial charge in [0.15, 0.2) is 0 Å². The number of para-hydroxylation sites is 1. The number of pyridine rings is 1. The first-order valence-corrected chi connectivity index (χ1v) is 23.6. The predicted molar refractivity (Wildman–Crippen MR) is 293 cm³/mol. The topological polar surface area (TPSA) is 50.9 Å². The van der Waals surface area contributed by atoms with Crippen LogP contribution in [0.1, 0.15) is 126 Å². The number of aromatic hydroxyl groups is 1. The lowest BCUT2D eigenvalue weighted by Crippen LogP contribution is -2.17. The van der Waals surface area contributed by atoms with Crippen molar-refractivity contribution in [3.05, 3.63) is 192 Å². The lowest BCUT2D eigenvalue weighted by atomic mass is 9.78. The molecule has 9 aromatic rings. The van der Waals surface area contributed by atoms with Crippen LogP contribution in [-0.4, -0.2) is 19.6 Å². The van der Waals surface area contributed by atoms with E-state index in [1.165, 1.54) is 0 Å². The van der Waals surface area contributed by atoms with Gasteiger partial charge in [-0.1, -0.05) is 192 Å². The van der Waals surface area contributed by atoms with Gasteiger partial charge in [-0.2, -0.15) is 0 Å². The average molecular weight is 917 g/mol. The summed E-state index contributed by atoms with van der Waals surface area (Å²) in [7, 11) is 0. The number of imidazole rings is 1. The van der Waals surface area contributed by atoms with Crippen LogP contribution in [0.5, 0.6) is 5.75 Å². The van der Waals surface area contributed by atoms with Crippen molar-refractivity contribution in [2.75, 3.05) is 0 Å². The van der Waals surface area contributed by atoms with Crippen molar-refractivity contribution in [2.45, 2.75) is 112 Å². The summed E-state index contributed by atoms with van der Waals surface area (Å²) in [6.07, 6.45) is -0.549. The molecule has 1 N–H and O–H groups in total. The molecular formula is C65H67N3O. The van der Waals surface area contributed by atoms with Crippen molar-refractivity contribution in [3.63, 3.8) is 0 Å². The van der Waals surface area contributed by atoms with Crippen LogP contribution in [0.2, 0.25) is 0 Å². The Balaban J connectivity index is 1.39. The van der Waals surface area contributed by atoms with Gasteiger partial charge in [0.1, 0.15) is 11.6 Å². The zero-order chi connectivity index (χ0) is 58.7. The number of benzene rings is 7. The quantitative estimate of drug-likeness (QED) is 0.173. The molecule has 7 aromatic carbocycles. The Morgan fingerprint density at radius 3 is 1.87 bits per heavy atom. The first-order chi connectivity index (χ1) is 37.1. The van der Waals surface area contributed by atoms with Crippen molar-refractivity contribution in [3.8, 4) is 78.6 Å². The third-order valence-corrected chi connectivity index (χ3v) is 12.9. The minimum Gasteiger partial charge on any atom is -0.507 e. The molecule has 0 radical (unpaired) electrons. The van der Waals surface area contributed by atoms with Crippen LogP contribution in [0.25, 0.3) is 83.9 Å². The standard InChI is InChI=1S/C65H67N3O/c1-41-34-45(58-50(43-24-18-15-19-25-43)26-20-28-53(58)64(8,9)10)30-31-56(41)68-57-29-21-27-51(59(57)67-61(68)52-39-49(63(5,6)7)40-54(60(52)69)65(11,12)13)46-35-47(37-48(36-46)62(2,3)4)55-38-44(32-33-66-55)42-22-16-14-17-23-42/h14-40,69H,1-13H3/i1D3,14D,16D,17D,22D,23D,32D,33D,38D. The van der Waals surface area contributed by atoms with Gasteiger partial charge in [-0.3, -0.25) is 9.55 Å². The van der Waals surface area contributed by atoms with Gasteiger partial charge in [-0.25, -0.2) is 4.98 Å². The SMILES string of the molecule is [2H]c1nc(-c2cc(-c3cccc4c3nc(-c3cc(C(C)(C)C)cc(C(C)(C)C)c3O)n4-c3ccc(-c4c(-c5ccccc5)cccc4C(C)(C)C)cc3C([2H])([2H])[2H])cc(C(C)(C)C)c2)c([2H])c(-c2c([2H])c([2H])c([2H])c([2H])c2[2H])c1[2H]. The number of phenols is 1. The third kappa shape index (κ3) is 9.18. The Labute approximate surface area is 426 Å². The summed E-state index contributed by atoms with van der Waals surface area (Å²) in [6.45, 7) is 22.3. The fraction of sp³-hybridized carbons (Fsp3) is 0.262. The second kappa shape index (κ2) is 17.5. The lowest BCUT2D eigenvalue weighted by Gasteiger charge is -2.28. The number of rotatable bonds is 7. The fourth-order valence-corrected chi connectivity index (χ4v) is 9.11. The molecule has 0 aliphatic carbocycles. The van der Waals surface area contributed by atoms with Gasteiger partial charge in [-0.05, 0) is 138 Å². The number of nitrogens with zero attached hydrogens (tertiary/aromatic N) is 3. The molecule has 0 aliphatic heterocycles. The van der Waals surface area contributed by atoms with Crippen LogP contribution < -0.4 is 0 Å². The van der Waals surface area contributed by atoms with Crippen molar-refractivity contribution in [1.82, 2.24) is 14.5 Å². The van der Waals surface area contributed by atoms with Gasteiger partial charge in [0.05, 0.1) is 38.9 Å². The van der Waals surface area contributed by atoms with E-state index in [2.05, 4.69) is 70.8 Å². The van der Waals surface area contributed by atoms with Crippen LogP contribution in [0.3, 0.4) is 0 Å². The number of phenolic OH excluding ortho intramolecular Hbond substituents is 1. The number of hydrogen-bond donors (Lipinski definition) is 1. The summed E-state index contributed by atoms with van der Waals surface area (Å²) < 4.78 is 99.8. The highest BCUT2D eigenvalue weighted by atomic mass is 16.3. The summed E-state index contributed by atoms with van der Waals surface area (Å²) in [6, 6.07) is 33.1. The molecule has 69 heavy (non-hydrogen) atoms. The molecule has 0 bridgehead atoms. The monoisotopic (exact) mass is 917 g/mol. The van der Waals surface area contributed by atoms with E-state index in [0.29, 0.717) is 50.4 Å². The molecule has 0 unspecified atom stereocenters. The van der Waals surface area contributed by atoms with E-state index in [1.807, 2.05) is 125 Å². The zero-order valence-electron chi connectivity index (χ0n) is 52.8. The highest BCUT2D eigenvalue weighted by molar-refractivity contribution is 5.97. The molecule has 2 aromatic heterocycles. The summed E-state index contributed by atoms with van der Waals surface area (Å²) >= 11 is 0. The summed E-state index contributed by atoms with van der Waals surface area (Å²) in [4.78, 5) is 9.97.